The Hall–Kier alpha value is -9.06. The topological polar surface area (TPSA) is 95.2 Å². The number of hydrogen-bond acceptors (Lipinski definition) is 4. The molecule has 0 N–H and O–H groups in total. The third-order valence-corrected chi connectivity index (χ3v) is 13.6. The summed E-state index contributed by atoms with van der Waals surface area (Å²) in [6.45, 7) is 0. The highest BCUT2D eigenvalue weighted by atomic mass is 14.5. The van der Waals surface area contributed by atoms with Crippen LogP contribution in [0.3, 0.4) is 0 Å². The van der Waals surface area contributed by atoms with Crippen molar-refractivity contribution in [3.63, 3.8) is 0 Å². The van der Waals surface area contributed by atoms with Crippen LogP contribution in [0, 0.1) is 45.3 Å². The number of nitriles is 4. The van der Waals surface area contributed by atoms with Crippen LogP contribution < -0.4 is 5.22 Å². The van der Waals surface area contributed by atoms with E-state index in [2.05, 4.69) is 133 Å². The van der Waals surface area contributed by atoms with Crippen molar-refractivity contribution in [1.82, 2.24) is 0 Å². The monoisotopic (exact) mass is 808 g/mol. The van der Waals surface area contributed by atoms with Gasteiger partial charge in [-0.1, -0.05) is 182 Å². The van der Waals surface area contributed by atoms with Crippen molar-refractivity contribution in [2.45, 2.75) is 11.8 Å². The van der Waals surface area contributed by atoms with Crippen LogP contribution in [0.2, 0.25) is 0 Å². The van der Waals surface area contributed by atoms with E-state index >= 15 is 0 Å². The van der Waals surface area contributed by atoms with Crippen LogP contribution in [-0.2, 0) is 0 Å². The van der Waals surface area contributed by atoms with Crippen molar-refractivity contribution in [3.8, 4) is 68.8 Å². The van der Waals surface area contributed by atoms with E-state index in [1.54, 1.807) is 0 Å². The first-order chi connectivity index (χ1) is 31.7. The van der Waals surface area contributed by atoms with Crippen molar-refractivity contribution < 1.29 is 0 Å². The summed E-state index contributed by atoms with van der Waals surface area (Å²) in [6.07, 6.45) is 0. The molecular formula is C60H32N4. The summed E-state index contributed by atoms with van der Waals surface area (Å²) >= 11 is 0. The minimum absolute atomic E-state index is 0.0919. The molecule has 0 amide bonds. The Balaban J connectivity index is 1.17. The molecule has 8 aromatic carbocycles. The van der Waals surface area contributed by atoms with Gasteiger partial charge in [0, 0.05) is 28.2 Å². The van der Waals surface area contributed by atoms with E-state index in [1.807, 2.05) is 72.8 Å². The Morgan fingerprint density at radius 2 is 0.844 bits per heavy atom. The molecule has 12 rings (SSSR count). The fraction of sp³-hybridized carbons (Fsp3) is 0.0333. The quantitative estimate of drug-likeness (QED) is 0.162. The lowest BCUT2D eigenvalue weighted by atomic mass is 9.78. The molecule has 64 heavy (non-hydrogen) atoms. The highest BCUT2D eigenvalue weighted by Crippen LogP contribution is 2.65. The molecule has 2 atom stereocenters. The Morgan fingerprint density at radius 3 is 1.42 bits per heavy atom. The molecule has 292 valence electrons. The van der Waals surface area contributed by atoms with E-state index in [0.29, 0.717) is 5.22 Å². The van der Waals surface area contributed by atoms with E-state index in [4.69, 9.17) is 0 Å². The second-order valence-corrected chi connectivity index (χ2v) is 16.6. The Bertz CT molecular complexity index is 3740. The maximum Gasteiger partial charge on any atom is 0.138 e. The van der Waals surface area contributed by atoms with Crippen LogP contribution in [0.4, 0.5) is 0 Å². The molecule has 4 nitrogen and oxygen atoms in total. The van der Waals surface area contributed by atoms with Crippen molar-refractivity contribution >= 4 is 49.0 Å². The number of hydrogen-bond donors (Lipinski definition) is 0. The molecule has 0 aromatic heterocycles. The van der Waals surface area contributed by atoms with Crippen LogP contribution in [0.25, 0.3) is 93.5 Å². The third-order valence-electron chi connectivity index (χ3n) is 13.6. The molecular weight excluding hydrogens is 777 g/mol. The van der Waals surface area contributed by atoms with E-state index in [-0.39, 0.29) is 23.0 Å². The highest BCUT2D eigenvalue weighted by molar-refractivity contribution is 6.32. The van der Waals surface area contributed by atoms with Crippen LogP contribution in [0.15, 0.2) is 193 Å². The zero-order valence-electron chi connectivity index (χ0n) is 34.3. The van der Waals surface area contributed by atoms with Crippen molar-refractivity contribution in [3.05, 3.63) is 221 Å². The smallest absolute Gasteiger partial charge is 0.138 e. The molecule has 0 saturated heterocycles. The molecule has 0 fully saturated rings. The first kappa shape index (κ1) is 36.8. The number of rotatable bonds is 5. The summed E-state index contributed by atoms with van der Waals surface area (Å²) in [5.74, 6) is -0.342. The predicted molar refractivity (Wildman–Crippen MR) is 256 cm³/mol. The summed E-state index contributed by atoms with van der Waals surface area (Å²) in [5, 5.41) is 49.4. The summed E-state index contributed by atoms with van der Waals surface area (Å²) in [4.78, 5) is 0. The fourth-order valence-corrected chi connectivity index (χ4v) is 11.3. The number of nitrogens with zero attached hydrogens (tertiary/aromatic N) is 4. The molecule has 0 radical (unpaired) electrons. The van der Waals surface area contributed by atoms with Crippen LogP contribution >= 0.6 is 0 Å². The molecule has 8 aromatic rings. The Morgan fingerprint density at radius 1 is 0.359 bits per heavy atom. The molecule has 4 heteroatoms. The van der Waals surface area contributed by atoms with Gasteiger partial charge in [-0.05, 0) is 105 Å². The lowest BCUT2D eigenvalue weighted by Crippen LogP contribution is -2.09. The molecule has 0 bridgehead atoms. The van der Waals surface area contributed by atoms with Gasteiger partial charge in [-0.25, -0.2) is 0 Å². The summed E-state index contributed by atoms with van der Waals surface area (Å²) < 4.78 is 0. The number of fused-ring (bicyclic) bond motifs is 6. The number of allylic oxidation sites excluding steroid dienone is 4. The minimum Gasteiger partial charge on any atom is -0.192 e. The van der Waals surface area contributed by atoms with Gasteiger partial charge in [0.1, 0.15) is 35.4 Å². The average molecular weight is 809 g/mol. The fourth-order valence-electron chi connectivity index (χ4n) is 11.3. The molecule has 4 aliphatic rings. The third kappa shape index (κ3) is 5.00. The maximum atomic E-state index is 10.5. The maximum absolute atomic E-state index is 10.5. The van der Waals surface area contributed by atoms with Gasteiger partial charge in [0.25, 0.3) is 0 Å². The van der Waals surface area contributed by atoms with Crippen molar-refractivity contribution in [2.24, 2.45) is 0 Å². The van der Waals surface area contributed by atoms with Crippen molar-refractivity contribution in [1.29, 1.82) is 21.0 Å². The van der Waals surface area contributed by atoms with Crippen molar-refractivity contribution in [2.75, 3.05) is 0 Å². The summed E-state index contributed by atoms with van der Waals surface area (Å²) in [7, 11) is 0. The van der Waals surface area contributed by atoms with Crippen LogP contribution in [0.5, 0.6) is 0 Å². The van der Waals surface area contributed by atoms with E-state index < -0.39 is 0 Å². The lowest BCUT2D eigenvalue weighted by Gasteiger charge is -2.23. The first-order valence-corrected chi connectivity index (χ1v) is 21.3. The van der Waals surface area contributed by atoms with Gasteiger partial charge in [-0.3, -0.25) is 0 Å². The van der Waals surface area contributed by atoms with Gasteiger partial charge < -0.3 is 0 Å². The minimum atomic E-state index is -0.237. The normalized spacial score (nSPS) is 15.0. The standard InChI is InChI=1S/C60H32N4/c61-31-39(32-62)53-49(35-15-5-1-6-16-35)57-45-25-13-23-43-41(27-29-47(55(43)45)59(57)51(53)37-19-9-3-10-20-37)42-28-30-48-56-44(42)24-14-26-46(56)58-50(36-17-7-2-8-18-36)54(40(33-63)34-64)52(60(48)58)38-21-11-4-12-22-38/h1-30,51,59H. The number of benzene rings is 8. The average Bonchev–Trinajstić information content (AvgIpc) is 4.08. The molecule has 2 unspecified atom stereocenters. The summed E-state index contributed by atoms with van der Waals surface area (Å²) in [5.41, 5.74) is 15.6. The van der Waals surface area contributed by atoms with Crippen LogP contribution in [-0.4, -0.2) is 0 Å². The lowest BCUT2D eigenvalue weighted by molar-refractivity contribution is 0.768. The van der Waals surface area contributed by atoms with Gasteiger partial charge in [0.05, 0.1) is 0 Å². The molecule has 0 aliphatic heterocycles. The van der Waals surface area contributed by atoms with E-state index in [1.165, 1.54) is 10.9 Å². The van der Waals surface area contributed by atoms with Gasteiger partial charge in [-0.15, -0.1) is 0 Å². The van der Waals surface area contributed by atoms with Gasteiger partial charge >= 0.3 is 0 Å². The van der Waals surface area contributed by atoms with Gasteiger partial charge in [0.2, 0.25) is 0 Å². The summed E-state index contributed by atoms with van der Waals surface area (Å²) in [6, 6.07) is 72.1. The largest absolute Gasteiger partial charge is 0.192 e. The van der Waals surface area contributed by atoms with Gasteiger partial charge in [-0.2, -0.15) is 21.0 Å². The zero-order valence-corrected chi connectivity index (χ0v) is 34.3. The zero-order chi connectivity index (χ0) is 43.1. The second kappa shape index (κ2) is 14.3. The molecule has 4 aliphatic carbocycles. The van der Waals surface area contributed by atoms with E-state index in [0.717, 1.165) is 105 Å². The molecule has 0 spiro atoms. The second-order valence-electron chi connectivity index (χ2n) is 16.6. The SMILES string of the molecule is N#CC(C#N)=C1C(c2ccccc2)=C2c3cccc4c(-c5ccc6c7c(-c8ccccc8)c(=C(C#N)C#N)c(-c8ccccc8)c-7c7cccc5c76)ccc(c34)C2C1c1ccccc1. The predicted octanol–water partition coefficient (Wildman–Crippen LogP) is 13.8. The molecule has 0 saturated carbocycles. The Kier molecular flexibility index (Phi) is 8.19. The Labute approximate surface area is 369 Å². The first-order valence-electron chi connectivity index (χ1n) is 21.3. The molecule has 0 heterocycles. The highest BCUT2D eigenvalue weighted by Gasteiger charge is 2.47. The van der Waals surface area contributed by atoms with Gasteiger partial charge in [0.15, 0.2) is 0 Å². The van der Waals surface area contributed by atoms with E-state index in [9.17, 15) is 21.0 Å². The van der Waals surface area contributed by atoms with Crippen LogP contribution in [0.1, 0.15) is 34.1 Å².